The molecule has 1 aliphatic rings. The standard InChI is InChI=1S/C15H22F2N2O/c1-2-20-14-3-5-19(6-4-14)15(10-18)11-7-12(16)9-13(17)8-11/h7-9,14-15H,2-6,10,18H2,1H3. The fraction of sp³-hybridized carbons (Fsp3) is 0.600. The highest BCUT2D eigenvalue weighted by Crippen LogP contribution is 2.26. The zero-order valence-corrected chi connectivity index (χ0v) is 11.8. The lowest BCUT2D eigenvalue weighted by Gasteiger charge is -2.37. The normalized spacial score (nSPS) is 19.2. The monoisotopic (exact) mass is 284 g/mol. The highest BCUT2D eigenvalue weighted by molar-refractivity contribution is 5.22. The van der Waals surface area contributed by atoms with E-state index in [2.05, 4.69) is 4.90 Å². The lowest BCUT2D eigenvalue weighted by Crippen LogP contribution is -2.42. The van der Waals surface area contributed by atoms with Crippen LogP contribution in [0.1, 0.15) is 31.4 Å². The van der Waals surface area contributed by atoms with Crippen molar-refractivity contribution in [3.8, 4) is 0 Å². The van der Waals surface area contributed by atoms with E-state index in [1.54, 1.807) is 0 Å². The maximum absolute atomic E-state index is 13.3. The number of piperidine rings is 1. The summed E-state index contributed by atoms with van der Waals surface area (Å²) >= 11 is 0. The molecule has 0 aromatic heterocycles. The number of hydrogen-bond donors (Lipinski definition) is 1. The minimum absolute atomic E-state index is 0.136. The van der Waals surface area contributed by atoms with Gasteiger partial charge in [0.05, 0.1) is 6.10 Å². The lowest BCUT2D eigenvalue weighted by molar-refractivity contribution is 0.00446. The van der Waals surface area contributed by atoms with E-state index in [0.717, 1.165) is 38.6 Å². The molecule has 20 heavy (non-hydrogen) atoms. The highest BCUT2D eigenvalue weighted by atomic mass is 19.1. The SMILES string of the molecule is CCOC1CCN(C(CN)c2cc(F)cc(F)c2)CC1. The Kier molecular flexibility index (Phi) is 5.46. The van der Waals surface area contributed by atoms with Gasteiger partial charge in [0, 0.05) is 38.3 Å². The molecule has 0 bridgehead atoms. The van der Waals surface area contributed by atoms with Crippen LogP contribution in [0.5, 0.6) is 0 Å². The molecular formula is C15H22F2N2O. The fourth-order valence-electron chi connectivity index (χ4n) is 2.85. The van der Waals surface area contributed by atoms with Crippen LogP contribution in [-0.2, 0) is 4.74 Å². The molecule has 0 spiro atoms. The molecule has 1 unspecified atom stereocenters. The number of likely N-dealkylation sites (tertiary alicyclic amines) is 1. The molecule has 1 fully saturated rings. The first-order chi connectivity index (χ1) is 9.63. The lowest BCUT2D eigenvalue weighted by atomic mass is 10.00. The molecule has 2 rings (SSSR count). The average Bonchev–Trinajstić information content (AvgIpc) is 2.41. The molecule has 0 amide bonds. The van der Waals surface area contributed by atoms with Gasteiger partial charge >= 0.3 is 0 Å². The van der Waals surface area contributed by atoms with Crippen molar-refractivity contribution in [3.05, 3.63) is 35.4 Å². The second-order valence-electron chi connectivity index (χ2n) is 5.14. The van der Waals surface area contributed by atoms with E-state index in [0.29, 0.717) is 18.2 Å². The Bertz CT molecular complexity index is 414. The minimum Gasteiger partial charge on any atom is -0.378 e. The second kappa shape index (κ2) is 7.11. The smallest absolute Gasteiger partial charge is 0.126 e. The zero-order chi connectivity index (χ0) is 14.5. The third-order valence-electron chi connectivity index (χ3n) is 3.81. The molecule has 5 heteroatoms. The third kappa shape index (κ3) is 3.75. The van der Waals surface area contributed by atoms with Crippen molar-refractivity contribution < 1.29 is 13.5 Å². The van der Waals surface area contributed by atoms with Gasteiger partial charge in [-0.25, -0.2) is 8.78 Å². The predicted octanol–water partition coefficient (Wildman–Crippen LogP) is 2.47. The van der Waals surface area contributed by atoms with Crippen LogP contribution in [0.2, 0.25) is 0 Å². The molecule has 1 heterocycles. The number of halogens is 2. The van der Waals surface area contributed by atoms with Gasteiger partial charge in [-0.15, -0.1) is 0 Å². The Morgan fingerprint density at radius 3 is 2.35 bits per heavy atom. The molecule has 0 saturated carbocycles. The van der Waals surface area contributed by atoms with Gasteiger partial charge in [0.25, 0.3) is 0 Å². The van der Waals surface area contributed by atoms with Crippen LogP contribution in [0, 0.1) is 11.6 Å². The van der Waals surface area contributed by atoms with Crippen molar-refractivity contribution in [2.75, 3.05) is 26.2 Å². The van der Waals surface area contributed by atoms with Crippen LogP contribution in [-0.4, -0.2) is 37.2 Å². The molecule has 1 aliphatic heterocycles. The number of hydrogen-bond acceptors (Lipinski definition) is 3. The maximum Gasteiger partial charge on any atom is 0.126 e. The van der Waals surface area contributed by atoms with E-state index < -0.39 is 11.6 Å². The van der Waals surface area contributed by atoms with Crippen molar-refractivity contribution in [2.45, 2.75) is 31.9 Å². The van der Waals surface area contributed by atoms with E-state index in [4.69, 9.17) is 10.5 Å². The molecule has 0 aliphatic carbocycles. The van der Waals surface area contributed by atoms with Gasteiger partial charge in [0.1, 0.15) is 11.6 Å². The zero-order valence-electron chi connectivity index (χ0n) is 11.8. The third-order valence-corrected chi connectivity index (χ3v) is 3.81. The Morgan fingerprint density at radius 2 is 1.85 bits per heavy atom. The Hall–Kier alpha value is -1.04. The molecule has 1 saturated heterocycles. The summed E-state index contributed by atoms with van der Waals surface area (Å²) in [5.74, 6) is -1.11. The van der Waals surface area contributed by atoms with E-state index in [-0.39, 0.29) is 6.04 Å². The van der Waals surface area contributed by atoms with Crippen molar-refractivity contribution in [1.29, 1.82) is 0 Å². The van der Waals surface area contributed by atoms with Crippen LogP contribution in [0.4, 0.5) is 8.78 Å². The van der Waals surface area contributed by atoms with Gasteiger partial charge < -0.3 is 10.5 Å². The largest absolute Gasteiger partial charge is 0.378 e. The van der Waals surface area contributed by atoms with Gasteiger partial charge in [-0.05, 0) is 37.5 Å². The van der Waals surface area contributed by atoms with Crippen molar-refractivity contribution in [3.63, 3.8) is 0 Å². The quantitative estimate of drug-likeness (QED) is 0.902. The van der Waals surface area contributed by atoms with Crippen LogP contribution >= 0.6 is 0 Å². The Balaban J connectivity index is 2.05. The first kappa shape index (κ1) is 15.4. The van der Waals surface area contributed by atoms with Crippen LogP contribution in [0.15, 0.2) is 18.2 Å². The Labute approximate surface area is 118 Å². The summed E-state index contributed by atoms with van der Waals surface area (Å²) in [6.07, 6.45) is 2.16. The van der Waals surface area contributed by atoms with Crippen molar-refractivity contribution in [1.82, 2.24) is 4.90 Å². The van der Waals surface area contributed by atoms with Crippen LogP contribution in [0.3, 0.4) is 0 Å². The summed E-state index contributed by atoms with van der Waals surface area (Å²) in [5, 5.41) is 0. The number of rotatable bonds is 5. The van der Waals surface area contributed by atoms with Crippen LogP contribution in [0.25, 0.3) is 0 Å². The van der Waals surface area contributed by atoms with Crippen molar-refractivity contribution in [2.24, 2.45) is 5.73 Å². The Morgan fingerprint density at radius 1 is 1.25 bits per heavy atom. The van der Waals surface area contributed by atoms with E-state index in [9.17, 15) is 8.78 Å². The number of benzene rings is 1. The summed E-state index contributed by atoms with van der Waals surface area (Å²) in [4.78, 5) is 2.18. The summed E-state index contributed by atoms with van der Waals surface area (Å²) in [6.45, 7) is 4.74. The van der Waals surface area contributed by atoms with E-state index in [1.807, 2.05) is 6.92 Å². The number of nitrogens with zero attached hydrogens (tertiary/aromatic N) is 1. The average molecular weight is 284 g/mol. The molecule has 2 N–H and O–H groups in total. The summed E-state index contributed by atoms with van der Waals surface area (Å²) in [5.41, 5.74) is 6.42. The molecule has 1 aromatic rings. The second-order valence-corrected chi connectivity index (χ2v) is 5.14. The topological polar surface area (TPSA) is 38.5 Å². The predicted molar refractivity (Wildman–Crippen MR) is 74.4 cm³/mol. The van der Waals surface area contributed by atoms with Crippen LogP contribution < -0.4 is 5.73 Å². The molecule has 1 atom stereocenters. The summed E-state index contributed by atoms with van der Waals surface area (Å²) in [6, 6.07) is 3.49. The molecule has 0 radical (unpaired) electrons. The summed E-state index contributed by atoms with van der Waals surface area (Å²) < 4.78 is 32.3. The van der Waals surface area contributed by atoms with Gasteiger partial charge in [-0.3, -0.25) is 4.90 Å². The highest BCUT2D eigenvalue weighted by Gasteiger charge is 2.26. The van der Waals surface area contributed by atoms with Gasteiger partial charge in [-0.1, -0.05) is 0 Å². The summed E-state index contributed by atoms with van der Waals surface area (Å²) in [7, 11) is 0. The van der Waals surface area contributed by atoms with Crippen molar-refractivity contribution >= 4 is 0 Å². The van der Waals surface area contributed by atoms with Gasteiger partial charge in [-0.2, -0.15) is 0 Å². The number of nitrogens with two attached hydrogens (primary N) is 1. The fourth-order valence-corrected chi connectivity index (χ4v) is 2.85. The van der Waals surface area contributed by atoms with E-state index in [1.165, 1.54) is 12.1 Å². The molecule has 1 aromatic carbocycles. The first-order valence-corrected chi connectivity index (χ1v) is 7.15. The van der Waals surface area contributed by atoms with E-state index >= 15 is 0 Å². The first-order valence-electron chi connectivity index (χ1n) is 7.15. The molecule has 3 nitrogen and oxygen atoms in total. The minimum atomic E-state index is -0.553. The molecule has 112 valence electrons. The van der Waals surface area contributed by atoms with Gasteiger partial charge in [0.2, 0.25) is 0 Å². The van der Waals surface area contributed by atoms with Gasteiger partial charge in [0.15, 0.2) is 0 Å². The molecular weight excluding hydrogens is 262 g/mol. The number of ether oxygens (including phenoxy) is 1. The maximum atomic E-state index is 13.3.